The Morgan fingerprint density at radius 2 is 2.15 bits per heavy atom. The van der Waals surface area contributed by atoms with Gasteiger partial charge in [0, 0.05) is 18.8 Å². The normalized spacial score (nSPS) is 18.3. The van der Waals surface area contributed by atoms with Gasteiger partial charge in [-0.3, -0.25) is 19.3 Å². The van der Waals surface area contributed by atoms with E-state index in [1.807, 2.05) is 0 Å². The lowest BCUT2D eigenvalue weighted by Crippen LogP contribution is -2.40. The van der Waals surface area contributed by atoms with E-state index in [9.17, 15) is 14.4 Å². The first kappa shape index (κ1) is 13.9. The number of nitrogens with two attached hydrogens (primary N) is 1. The van der Waals surface area contributed by atoms with Crippen LogP contribution in [0.15, 0.2) is 18.2 Å². The van der Waals surface area contributed by atoms with Crippen LogP contribution >= 0.6 is 0 Å². The molecular formula is C13H15N3O4. The number of likely N-dealkylation sites (tertiary alicyclic amines) is 1. The Labute approximate surface area is 115 Å². The average Bonchev–Trinajstić information content (AvgIpc) is 2.66. The van der Waals surface area contributed by atoms with Gasteiger partial charge in [-0.2, -0.15) is 0 Å². The summed E-state index contributed by atoms with van der Waals surface area (Å²) in [7, 11) is 2.88. The van der Waals surface area contributed by atoms with Gasteiger partial charge in [-0.1, -0.05) is 0 Å². The Kier molecular flexibility index (Phi) is 3.60. The molecule has 1 aromatic carbocycles. The highest BCUT2D eigenvalue weighted by molar-refractivity contribution is 6.08. The summed E-state index contributed by atoms with van der Waals surface area (Å²) < 4.78 is 4.99. The number of likely N-dealkylation sites (N-methyl/N-ethyl adjacent to an activating group) is 1. The lowest BCUT2D eigenvalue weighted by Gasteiger charge is -2.12. The molecule has 1 aromatic rings. The van der Waals surface area contributed by atoms with E-state index in [0.717, 1.165) is 4.90 Å². The van der Waals surface area contributed by atoms with Crippen LogP contribution in [0, 0.1) is 0 Å². The fourth-order valence-corrected chi connectivity index (χ4v) is 1.98. The van der Waals surface area contributed by atoms with Gasteiger partial charge in [-0.15, -0.1) is 0 Å². The van der Waals surface area contributed by atoms with Gasteiger partial charge >= 0.3 is 0 Å². The molecule has 1 atom stereocenters. The Morgan fingerprint density at radius 3 is 2.65 bits per heavy atom. The van der Waals surface area contributed by atoms with E-state index in [1.54, 1.807) is 6.07 Å². The summed E-state index contributed by atoms with van der Waals surface area (Å²) in [6.45, 7) is 0. The second kappa shape index (κ2) is 5.20. The minimum atomic E-state index is -0.832. The number of methoxy groups -OCH3 is 1. The van der Waals surface area contributed by atoms with E-state index in [-0.39, 0.29) is 23.6 Å². The van der Waals surface area contributed by atoms with Crippen molar-refractivity contribution in [2.24, 2.45) is 0 Å². The van der Waals surface area contributed by atoms with E-state index >= 15 is 0 Å². The minimum absolute atomic E-state index is 0.0306. The maximum Gasteiger partial charge on any atom is 0.254 e. The van der Waals surface area contributed by atoms with Gasteiger partial charge in [0.05, 0.1) is 19.1 Å². The van der Waals surface area contributed by atoms with Gasteiger partial charge in [0.1, 0.15) is 11.8 Å². The third-order valence-electron chi connectivity index (χ3n) is 3.19. The average molecular weight is 277 g/mol. The number of amides is 3. The minimum Gasteiger partial charge on any atom is -0.497 e. The number of rotatable bonds is 3. The predicted octanol–water partition coefficient (Wildman–Crippen LogP) is -0.235. The van der Waals surface area contributed by atoms with Gasteiger partial charge in [0.25, 0.3) is 11.8 Å². The monoisotopic (exact) mass is 277 g/mol. The van der Waals surface area contributed by atoms with Crippen LogP contribution in [0.5, 0.6) is 5.75 Å². The molecule has 1 aliphatic heterocycles. The van der Waals surface area contributed by atoms with E-state index in [0.29, 0.717) is 5.75 Å². The second-order valence-electron chi connectivity index (χ2n) is 4.47. The summed E-state index contributed by atoms with van der Waals surface area (Å²) in [6, 6.07) is 3.79. The first-order valence-electron chi connectivity index (χ1n) is 5.99. The molecule has 1 aliphatic rings. The summed E-state index contributed by atoms with van der Waals surface area (Å²) in [5.41, 5.74) is 6.24. The number of nitrogen functional groups attached to an aromatic ring is 1. The predicted molar refractivity (Wildman–Crippen MR) is 71.1 cm³/mol. The lowest BCUT2D eigenvalue weighted by atomic mass is 10.1. The van der Waals surface area contributed by atoms with Crippen molar-refractivity contribution in [3.05, 3.63) is 23.8 Å². The van der Waals surface area contributed by atoms with Crippen molar-refractivity contribution in [3.63, 3.8) is 0 Å². The van der Waals surface area contributed by atoms with Crippen LogP contribution in [-0.2, 0) is 9.59 Å². The second-order valence-corrected chi connectivity index (χ2v) is 4.47. The fraction of sp³-hybridized carbons (Fsp3) is 0.308. The third kappa shape index (κ3) is 2.42. The van der Waals surface area contributed by atoms with Crippen molar-refractivity contribution in [1.29, 1.82) is 0 Å². The first-order chi connectivity index (χ1) is 9.43. The van der Waals surface area contributed by atoms with Crippen LogP contribution in [0.25, 0.3) is 0 Å². The molecule has 1 saturated heterocycles. The van der Waals surface area contributed by atoms with Crippen molar-refractivity contribution >= 4 is 23.4 Å². The maximum atomic E-state index is 12.1. The molecule has 0 spiro atoms. The zero-order valence-corrected chi connectivity index (χ0v) is 11.2. The Hall–Kier alpha value is -2.57. The third-order valence-corrected chi connectivity index (χ3v) is 3.19. The van der Waals surface area contributed by atoms with E-state index in [2.05, 4.69) is 5.32 Å². The smallest absolute Gasteiger partial charge is 0.254 e. The van der Waals surface area contributed by atoms with Crippen LogP contribution in [0.2, 0.25) is 0 Å². The van der Waals surface area contributed by atoms with Crippen LogP contribution in [0.1, 0.15) is 16.8 Å². The van der Waals surface area contributed by atoms with Gasteiger partial charge < -0.3 is 15.8 Å². The quantitative estimate of drug-likeness (QED) is 0.586. The largest absolute Gasteiger partial charge is 0.497 e. The van der Waals surface area contributed by atoms with Crippen molar-refractivity contribution < 1.29 is 19.1 Å². The van der Waals surface area contributed by atoms with Gasteiger partial charge in [-0.25, -0.2) is 0 Å². The molecule has 3 N–H and O–H groups in total. The molecule has 0 aliphatic carbocycles. The summed E-state index contributed by atoms with van der Waals surface area (Å²) in [4.78, 5) is 36.2. The number of hydrogen-bond donors (Lipinski definition) is 2. The molecule has 20 heavy (non-hydrogen) atoms. The Balaban J connectivity index is 2.13. The van der Waals surface area contributed by atoms with Crippen LogP contribution in [0.3, 0.4) is 0 Å². The van der Waals surface area contributed by atoms with Crippen LogP contribution < -0.4 is 15.8 Å². The summed E-state index contributed by atoms with van der Waals surface area (Å²) >= 11 is 0. The fourth-order valence-electron chi connectivity index (χ4n) is 1.98. The number of anilines is 1. The highest BCUT2D eigenvalue weighted by Crippen LogP contribution is 2.20. The molecule has 1 fully saturated rings. The topological polar surface area (TPSA) is 102 Å². The molecule has 106 valence electrons. The molecular weight excluding hydrogens is 262 g/mol. The number of ether oxygens (including phenoxy) is 1. The SMILES string of the molecule is COc1ccc(C(=O)NC2CC(=O)N(C)C2=O)c(N)c1. The molecule has 7 heteroatoms. The van der Waals surface area contributed by atoms with Crippen molar-refractivity contribution in [2.75, 3.05) is 19.9 Å². The molecule has 1 unspecified atom stereocenters. The van der Waals surface area contributed by atoms with Gasteiger partial charge in [0.2, 0.25) is 5.91 Å². The highest BCUT2D eigenvalue weighted by Gasteiger charge is 2.37. The summed E-state index contributed by atoms with van der Waals surface area (Å²) in [5, 5.41) is 2.51. The zero-order valence-electron chi connectivity index (χ0n) is 11.2. The molecule has 0 saturated carbocycles. The maximum absolute atomic E-state index is 12.1. The Morgan fingerprint density at radius 1 is 1.45 bits per heavy atom. The number of benzene rings is 1. The number of hydrogen-bond acceptors (Lipinski definition) is 5. The van der Waals surface area contributed by atoms with Gasteiger partial charge in [-0.05, 0) is 12.1 Å². The number of carbonyl (C=O) groups is 3. The first-order valence-corrected chi connectivity index (χ1v) is 5.99. The number of nitrogens with zero attached hydrogens (tertiary/aromatic N) is 1. The highest BCUT2D eigenvalue weighted by atomic mass is 16.5. The Bertz CT molecular complexity index is 585. The van der Waals surface area contributed by atoms with Gasteiger partial charge in [0.15, 0.2) is 0 Å². The number of nitrogens with one attached hydrogen (secondary N) is 1. The number of imide groups is 1. The van der Waals surface area contributed by atoms with Crippen LogP contribution in [0.4, 0.5) is 5.69 Å². The van der Waals surface area contributed by atoms with Crippen LogP contribution in [-0.4, -0.2) is 42.8 Å². The summed E-state index contributed by atoms with van der Waals surface area (Å²) in [6.07, 6.45) is -0.0306. The molecule has 3 amide bonds. The van der Waals surface area contributed by atoms with Crippen molar-refractivity contribution in [3.8, 4) is 5.75 Å². The van der Waals surface area contributed by atoms with E-state index in [1.165, 1.54) is 26.3 Å². The molecule has 2 rings (SSSR count). The molecule has 0 aromatic heterocycles. The van der Waals surface area contributed by atoms with Crippen molar-refractivity contribution in [2.45, 2.75) is 12.5 Å². The molecule has 0 radical (unpaired) electrons. The summed E-state index contributed by atoms with van der Waals surface area (Å²) in [5.74, 6) is -0.698. The molecule has 7 nitrogen and oxygen atoms in total. The van der Waals surface area contributed by atoms with Crippen molar-refractivity contribution in [1.82, 2.24) is 10.2 Å². The van der Waals surface area contributed by atoms with E-state index in [4.69, 9.17) is 10.5 Å². The number of carbonyl (C=O) groups excluding carboxylic acids is 3. The molecule has 0 bridgehead atoms. The molecule has 1 heterocycles. The standard InChI is InChI=1S/C13H15N3O4/c1-16-11(17)6-10(13(16)19)15-12(18)8-4-3-7(20-2)5-9(8)14/h3-5,10H,6,14H2,1-2H3,(H,15,18). The van der Waals surface area contributed by atoms with E-state index < -0.39 is 17.9 Å². The lowest BCUT2D eigenvalue weighted by molar-refractivity contribution is -0.137. The zero-order chi connectivity index (χ0) is 14.9.